The predicted octanol–water partition coefficient (Wildman–Crippen LogP) is 4.82. The maximum Gasteiger partial charge on any atom is 0.267 e. The number of carbonyl (C=O) groups excluding carboxylic acids is 1. The Morgan fingerprint density at radius 1 is 1.12 bits per heavy atom. The molecule has 0 saturated heterocycles. The number of thiophene rings is 1. The van der Waals surface area contributed by atoms with Crippen LogP contribution in [0.15, 0.2) is 57.1 Å². The third kappa shape index (κ3) is 4.56. The molecule has 0 fully saturated rings. The first-order valence-corrected chi connectivity index (χ1v) is 9.99. The topological polar surface area (TPSA) is 52.0 Å². The van der Waals surface area contributed by atoms with Gasteiger partial charge in [-0.05, 0) is 52.0 Å². The molecule has 0 N–H and O–H groups in total. The molecule has 3 rings (SSSR count). The summed E-state index contributed by atoms with van der Waals surface area (Å²) in [5.41, 5.74) is 2.60. The average molecular weight is 431 g/mol. The van der Waals surface area contributed by atoms with E-state index in [4.69, 9.17) is 0 Å². The molecule has 0 atom stereocenters. The van der Waals surface area contributed by atoms with Gasteiger partial charge in [-0.2, -0.15) is 5.10 Å². The normalized spacial score (nSPS) is 11.1. The van der Waals surface area contributed by atoms with Crippen LogP contribution in [-0.4, -0.2) is 15.6 Å². The lowest BCUT2D eigenvalue weighted by Crippen LogP contribution is -2.26. The predicted molar refractivity (Wildman–Crippen MR) is 109 cm³/mol. The molecule has 0 aliphatic heterocycles. The van der Waals surface area contributed by atoms with Gasteiger partial charge in [0.05, 0.1) is 14.4 Å². The van der Waals surface area contributed by atoms with Gasteiger partial charge in [0.2, 0.25) is 0 Å². The van der Waals surface area contributed by atoms with Crippen molar-refractivity contribution in [2.75, 3.05) is 0 Å². The summed E-state index contributed by atoms with van der Waals surface area (Å²) in [5, 5.41) is 4.38. The Kier molecular flexibility index (Phi) is 5.84. The number of ketones is 1. The largest absolute Gasteiger partial charge is 0.291 e. The number of hydrogen-bond donors (Lipinski definition) is 0. The Hall–Kier alpha value is -2.05. The van der Waals surface area contributed by atoms with Crippen molar-refractivity contribution in [2.45, 2.75) is 26.8 Å². The van der Waals surface area contributed by atoms with E-state index in [-0.39, 0.29) is 17.9 Å². The SMILES string of the molecule is CC(C)Cc1ccc(-c2ccc(=O)n(CC(=O)c3ccc(Br)s3)n2)cc1. The molecule has 4 nitrogen and oxygen atoms in total. The monoisotopic (exact) mass is 430 g/mol. The fraction of sp³-hybridized carbons (Fsp3) is 0.250. The van der Waals surface area contributed by atoms with Crippen LogP contribution in [-0.2, 0) is 13.0 Å². The molecule has 0 saturated carbocycles. The lowest BCUT2D eigenvalue weighted by atomic mass is 10.0. The minimum Gasteiger partial charge on any atom is -0.291 e. The summed E-state index contributed by atoms with van der Waals surface area (Å²) in [4.78, 5) is 25.1. The summed E-state index contributed by atoms with van der Waals surface area (Å²) in [6, 6.07) is 14.9. The molecule has 0 aliphatic carbocycles. The van der Waals surface area contributed by atoms with E-state index in [9.17, 15) is 9.59 Å². The molecule has 0 spiro atoms. The Morgan fingerprint density at radius 2 is 1.85 bits per heavy atom. The van der Waals surface area contributed by atoms with Gasteiger partial charge in [0.15, 0.2) is 5.78 Å². The molecule has 2 heterocycles. The van der Waals surface area contributed by atoms with Crippen molar-refractivity contribution in [1.82, 2.24) is 9.78 Å². The van der Waals surface area contributed by atoms with Crippen LogP contribution in [0.5, 0.6) is 0 Å². The summed E-state index contributed by atoms with van der Waals surface area (Å²) in [6.45, 7) is 4.31. The van der Waals surface area contributed by atoms with Crippen LogP contribution in [0, 0.1) is 5.92 Å². The van der Waals surface area contributed by atoms with Crippen LogP contribution in [0.25, 0.3) is 11.3 Å². The fourth-order valence-electron chi connectivity index (χ4n) is 2.68. The highest BCUT2D eigenvalue weighted by Crippen LogP contribution is 2.23. The molecule has 26 heavy (non-hydrogen) atoms. The molecule has 3 aromatic rings. The van der Waals surface area contributed by atoms with E-state index >= 15 is 0 Å². The minimum absolute atomic E-state index is 0.0644. The molecule has 0 radical (unpaired) electrons. The summed E-state index contributed by atoms with van der Waals surface area (Å²) in [5.74, 6) is 0.476. The molecule has 2 aromatic heterocycles. The van der Waals surface area contributed by atoms with Crippen LogP contribution in [0.2, 0.25) is 0 Å². The summed E-state index contributed by atoms with van der Waals surface area (Å²) >= 11 is 4.70. The molecule has 0 unspecified atom stereocenters. The second-order valence-corrected chi connectivity index (χ2v) is 9.00. The van der Waals surface area contributed by atoms with Crippen molar-refractivity contribution < 1.29 is 4.79 Å². The van der Waals surface area contributed by atoms with Crippen molar-refractivity contribution in [1.29, 1.82) is 0 Å². The quantitative estimate of drug-likeness (QED) is 0.526. The summed E-state index contributed by atoms with van der Waals surface area (Å²) in [7, 11) is 0. The van der Waals surface area contributed by atoms with E-state index in [0.717, 1.165) is 15.8 Å². The van der Waals surface area contributed by atoms with Gasteiger partial charge in [-0.25, -0.2) is 4.68 Å². The lowest BCUT2D eigenvalue weighted by Gasteiger charge is -2.08. The number of rotatable bonds is 6. The standard InChI is InChI=1S/C20H19BrN2O2S/c1-13(2)11-14-3-5-15(6-4-14)16-7-10-20(25)23(22-16)12-17(24)18-8-9-19(21)26-18/h3-10,13H,11-12H2,1-2H3. The van der Waals surface area contributed by atoms with E-state index in [1.165, 1.54) is 27.6 Å². The summed E-state index contributed by atoms with van der Waals surface area (Å²) in [6.07, 6.45) is 1.03. The highest BCUT2D eigenvalue weighted by molar-refractivity contribution is 9.11. The smallest absolute Gasteiger partial charge is 0.267 e. The third-order valence-corrected chi connectivity index (χ3v) is 5.57. The Bertz CT molecular complexity index is 974. The molecule has 1 aromatic carbocycles. The zero-order valence-electron chi connectivity index (χ0n) is 14.6. The Morgan fingerprint density at radius 3 is 2.46 bits per heavy atom. The first kappa shape index (κ1) is 18.7. The minimum atomic E-state index is -0.283. The van der Waals surface area contributed by atoms with Gasteiger partial charge in [0.1, 0.15) is 6.54 Å². The van der Waals surface area contributed by atoms with Crippen LogP contribution in [0.3, 0.4) is 0 Å². The maximum absolute atomic E-state index is 12.4. The molecular weight excluding hydrogens is 412 g/mol. The van der Waals surface area contributed by atoms with Gasteiger partial charge in [0, 0.05) is 11.6 Å². The first-order chi connectivity index (χ1) is 12.4. The zero-order chi connectivity index (χ0) is 18.7. The van der Waals surface area contributed by atoms with E-state index in [0.29, 0.717) is 16.5 Å². The highest BCUT2D eigenvalue weighted by Gasteiger charge is 2.12. The number of carbonyl (C=O) groups is 1. The molecule has 0 aliphatic rings. The molecule has 6 heteroatoms. The summed E-state index contributed by atoms with van der Waals surface area (Å²) < 4.78 is 2.12. The first-order valence-electron chi connectivity index (χ1n) is 8.38. The second kappa shape index (κ2) is 8.10. The van der Waals surface area contributed by atoms with Gasteiger partial charge in [0.25, 0.3) is 5.56 Å². The number of nitrogens with zero attached hydrogens (tertiary/aromatic N) is 2. The van der Waals surface area contributed by atoms with E-state index in [2.05, 4.69) is 47.0 Å². The van der Waals surface area contributed by atoms with Crippen molar-refractivity contribution in [3.8, 4) is 11.3 Å². The van der Waals surface area contributed by atoms with Crippen LogP contribution >= 0.6 is 27.3 Å². The molecule has 0 amide bonds. The van der Waals surface area contributed by atoms with Gasteiger partial charge in [-0.15, -0.1) is 11.3 Å². The fourth-order valence-corrected chi connectivity index (χ4v) is 3.99. The highest BCUT2D eigenvalue weighted by atomic mass is 79.9. The Balaban J connectivity index is 1.83. The van der Waals surface area contributed by atoms with Crippen molar-refractivity contribution in [3.63, 3.8) is 0 Å². The van der Waals surface area contributed by atoms with Gasteiger partial charge in [-0.3, -0.25) is 9.59 Å². The average Bonchev–Trinajstić information content (AvgIpc) is 3.04. The molecule has 0 bridgehead atoms. The van der Waals surface area contributed by atoms with Gasteiger partial charge in [-0.1, -0.05) is 38.1 Å². The van der Waals surface area contributed by atoms with Gasteiger partial charge >= 0.3 is 0 Å². The number of halogens is 1. The number of hydrogen-bond acceptors (Lipinski definition) is 4. The Labute approximate surface area is 164 Å². The van der Waals surface area contributed by atoms with E-state index < -0.39 is 0 Å². The van der Waals surface area contributed by atoms with Crippen LogP contribution < -0.4 is 5.56 Å². The lowest BCUT2D eigenvalue weighted by molar-refractivity contribution is 0.0970. The number of aromatic nitrogens is 2. The van der Waals surface area contributed by atoms with E-state index in [1.54, 1.807) is 12.1 Å². The number of benzene rings is 1. The van der Waals surface area contributed by atoms with Crippen LogP contribution in [0.4, 0.5) is 0 Å². The van der Waals surface area contributed by atoms with Crippen molar-refractivity contribution in [2.24, 2.45) is 5.92 Å². The van der Waals surface area contributed by atoms with Crippen LogP contribution in [0.1, 0.15) is 29.1 Å². The van der Waals surface area contributed by atoms with Gasteiger partial charge < -0.3 is 0 Å². The third-order valence-electron chi connectivity index (χ3n) is 3.90. The molecule has 134 valence electrons. The molecular formula is C20H19BrN2O2S. The number of Topliss-reactive ketones (excluding diaryl/α,β-unsaturated/α-hetero) is 1. The second-order valence-electron chi connectivity index (χ2n) is 6.54. The van der Waals surface area contributed by atoms with Crippen molar-refractivity contribution >= 4 is 33.0 Å². The van der Waals surface area contributed by atoms with Crippen molar-refractivity contribution in [3.05, 3.63) is 73.1 Å². The maximum atomic E-state index is 12.4. The van der Waals surface area contributed by atoms with E-state index in [1.807, 2.05) is 18.2 Å². The zero-order valence-corrected chi connectivity index (χ0v) is 17.0.